The number of anilines is 1. The number of aromatic nitrogens is 1. The molecule has 1 N–H and O–H groups in total. The zero-order valence-electron chi connectivity index (χ0n) is 16.7. The molecule has 30 heavy (non-hydrogen) atoms. The lowest BCUT2D eigenvalue weighted by Gasteiger charge is -2.17. The van der Waals surface area contributed by atoms with Crippen molar-refractivity contribution >= 4 is 17.5 Å². The van der Waals surface area contributed by atoms with Gasteiger partial charge in [0.05, 0.1) is 5.69 Å². The van der Waals surface area contributed by atoms with Gasteiger partial charge in [-0.1, -0.05) is 25.1 Å². The predicted octanol–water partition coefficient (Wildman–Crippen LogP) is 4.12. The Morgan fingerprint density at radius 3 is 2.63 bits per heavy atom. The molecular weight excluding hydrogens is 381 g/mol. The minimum atomic E-state index is -0.389. The van der Waals surface area contributed by atoms with E-state index in [2.05, 4.69) is 10.3 Å². The highest BCUT2D eigenvalue weighted by molar-refractivity contribution is 5.96. The Bertz CT molecular complexity index is 1080. The number of nitrogens with zero attached hydrogens (tertiary/aromatic N) is 2. The van der Waals surface area contributed by atoms with E-state index in [-0.39, 0.29) is 17.6 Å². The summed E-state index contributed by atoms with van der Waals surface area (Å²) < 4.78 is 14.8. The van der Waals surface area contributed by atoms with Gasteiger partial charge in [0.15, 0.2) is 0 Å². The van der Waals surface area contributed by atoms with Crippen molar-refractivity contribution in [3.8, 4) is 11.1 Å². The van der Waals surface area contributed by atoms with Gasteiger partial charge in [0, 0.05) is 37.5 Å². The molecule has 0 spiro atoms. The van der Waals surface area contributed by atoms with Crippen LogP contribution in [0.5, 0.6) is 0 Å². The number of halogens is 1. The second-order valence-corrected chi connectivity index (χ2v) is 7.24. The normalized spacial score (nSPS) is 12.5. The quantitative estimate of drug-likeness (QED) is 0.697. The highest BCUT2D eigenvalue weighted by Gasteiger charge is 2.27. The molecule has 1 aliphatic rings. The number of nitrogens with one attached hydrogen (secondary N) is 1. The summed E-state index contributed by atoms with van der Waals surface area (Å²) in [5.41, 5.74) is 4.25. The smallest absolute Gasteiger partial charge is 0.251 e. The number of rotatable bonds is 5. The number of hydrogen-bond acceptors (Lipinski definition) is 3. The molecule has 0 atom stereocenters. The average Bonchev–Trinajstić information content (AvgIpc) is 3.22. The van der Waals surface area contributed by atoms with Crippen LogP contribution < -0.4 is 10.2 Å². The monoisotopic (exact) mass is 403 g/mol. The van der Waals surface area contributed by atoms with Gasteiger partial charge >= 0.3 is 0 Å². The maximum Gasteiger partial charge on any atom is 0.251 e. The van der Waals surface area contributed by atoms with Crippen molar-refractivity contribution in [1.82, 2.24) is 10.3 Å². The van der Waals surface area contributed by atoms with Crippen LogP contribution in [0.25, 0.3) is 11.1 Å². The largest absolute Gasteiger partial charge is 0.348 e. The zero-order valence-corrected chi connectivity index (χ0v) is 16.7. The van der Waals surface area contributed by atoms with E-state index in [0.29, 0.717) is 37.2 Å². The molecule has 0 saturated heterocycles. The molecule has 0 fully saturated rings. The first-order valence-electron chi connectivity index (χ1n) is 9.97. The summed E-state index contributed by atoms with van der Waals surface area (Å²) in [5, 5.41) is 2.86. The summed E-state index contributed by atoms with van der Waals surface area (Å²) in [5.74, 6) is -0.638. The topological polar surface area (TPSA) is 62.3 Å². The third-order valence-electron chi connectivity index (χ3n) is 5.28. The molecule has 0 radical (unpaired) electrons. The van der Waals surface area contributed by atoms with Gasteiger partial charge < -0.3 is 10.2 Å². The van der Waals surface area contributed by atoms with Crippen LogP contribution in [-0.2, 0) is 17.8 Å². The number of amides is 2. The van der Waals surface area contributed by atoms with Gasteiger partial charge in [-0.05, 0) is 59.0 Å². The van der Waals surface area contributed by atoms with Crippen LogP contribution in [0.1, 0.15) is 34.8 Å². The highest BCUT2D eigenvalue weighted by atomic mass is 19.1. The van der Waals surface area contributed by atoms with Crippen LogP contribution in [0.15, 0.2) is 60.9 Å². The summed E-state index contributed by atoms with van der Waals surface area (Å²) in [6, 6.07) is 14.2. The van der Waals surface area contributed by atoms with Crippen molar-refractivity contribution in [3.05, 3.63) is 83.4 Å². The van der Waals surface area contributed by atoms with E-state index in [1.165, 1.54) is 11.0 Å². The summed E-state index contributed by atoms with van der Waals surface area (Å²) in [6.45, 7) is 2.69. The van der Waals surface area contributed by atoms with Gasteiger partial charge in [-0.25, -0.2) is 4.39 Å². The van der Waals surface area contributed by atoms with Gasteiger partial charge in [-0.2, -0.15) is 0 Å². The SMILES string of the molecule is CCC(=O)N1CCc2cc(-c3ccc(C(=O)NCc4cccnc4)cc3)cc(F)c21. The molecule has 6 heteroatoms. The van der Waals surface area contributed by atoms with Crippen molar-refractivity contribution in [2.24, 2.45) is 0 Å². The fourth-order valence-electron chi connectivity index (χ4n) is 3.70. The lowest BCUT2D eigenvalue weighted by atomic mass is 10.00. The molecule has 5 nitrogen and oxygen atoms in total. The summed E-state index contributed by atoms with van der Waals surface area (Å²) in [7, 11) is 0. The maximum absolute atomic E-state index is 14.8. The third-order valence-corrected chi connectivity index (χ3v) is 5.28. The Balaban J connectivity index is 1.50. The van der Waals surface area contributed by atoms with E-state index in [1.54, 1.807) is 31.5 Å². The number of hydrogen-bond donors (Lipinski definition) is 1. The zero-order chi connectivity index (χ0) is 21.1. The lowest BCUT2D eigenvalue weighted by molar-refractivity contribution is -0.118. The number of fused-ring (bicyclic) bond motifs is 1. The van der Waals surface area contributed by atoms with Crippen molar-refractivity contribution in [2.45, 2.75) is 26.3 Å². The Kier molecular flexibility index (Phi) is 5.57. The molecule has 0 bridgehead atoms. The van der Waals surface area contributed by atoms with Gasteiger partial charge in [0.1, 0.15) is 5.82 Å². The molecule has 152 valence electrons. The molecule has 4 rings (SSSR count). The molecule has 3 aromatic rings. The first kappa shape index (κ1) is 19.8. The molecule has 1 aliphatic heterocycles. The van der Waals surface area contributed by atoms with Gasteiger partial charge in [0.2, 0.25) is 5.91 Å². The molecule has 2 aromatic carbocycles. The van der Waals surface area contributed by atoms with E-state index in [0.717, 1.165) is 22.3 Å². The summed E-state index contributed by atoms with van der Waals surface area (Å²) >= 11 is 0. The van der Waals surface area contributed by atoms with E-state index in [4.69, 9.17) is 0 Å². The number of carbonyl (C=O) groups is 2. The minimum absolute atomic E-state index is 0.0675. The van der Waals surface area contributed by atoms with Gasteiger partial charge in [-0.15, -0.1) is 0 Å². The third kappa shape index (κ3) is 3.94. The van der Waals surface area contributed by atoms with Gasteiger partial charge in [0.25, 0.3) is 5.91 Å². The van der Waals surface area contributed by atoms with Crippen LogP contribution >= 0.6 is 0 Å². The first-order valence-corrected chi connectivity index (χ1v) is 9.97. The van der Waals surface area contributed by atoms with Crippen molar-refractivity contribution in [1.29, 1.82) is 0 Å². The number of benzene rings is 2. The van der Waals surface area contributed by atoms with Crippen molar-refractivity contribution in [3.63, 3.8) is 0 Å². The Morgan fingerprint density at radius 2 is 1.93 bits per heavy atom. The van der Waals surface area contributed by atoms with Gasteiger partial charge in [-0.3, -0.25) is 14.6 Å². The lowest BCUT2D eigenvalue weighted by Crippen LogP contribution is -2.28. The molecule has 0 unspecified atom stereocenters. The van der Waals surface area contributed by atoms with E-state index < -0.39 is 0 Å². The Hall–Kier alpha value is -3.54. The minimum Gasteiger partial charge on any atom is -0.348 e. The average molecular weight is 403 g/mol. The predicted molar refractivity (Wildman–Crippen MR) is 114 cm³/mol. The van der Waals surface area contributed by atoms with E-state index >= 15 is 0 Å². The second kappa shape index (κ2) is 8.45. The van der Waals surface area contributed by atoms with Crippen LogP contribution in [0.4, 0.5) is 10.1 Å². The Morgan fingerprint density at radius 1 is 1.13 bits per heavy atom. The standard InChI is InChI=1S/C24H22FN3O2/c1-2-22(29)28-11-9-19-12-20(13-21(25)23(19)28)17-5-7-18(8-6-17)24(30)27-15-16-4-3-10-26-14-16/h3-8,10,12-14H,2,9,11,15H2,1H3,(H,27,30). The number of pyridine rings is 1. The van der Waals surface area contributed by atoms with E-state index in [9.17, 15) is 14.0 Å². The van der Waals surface area contributed by atoms with Crippen molar-refractivity contribution < 1.29 is 14.0 Å². The molecule has 2 heterocycles. The highest BCUT2D eigenvalue weighted by Crippen LogP contribution is 2.35. The fourth-order valence-corrected chi connectivity index (χ4v) is 3.70. The number of carbonyl (C=O) groups excluding carboxylic acids is 2. The van der Waals surface area contributed by atoms with Crippen molar-refractivity contribution in [2.75, 3.05) is 11.4 Å². The molecule has 1 aromatic heterocycles. The molecular formula is C24H22FN3O2. The second-order valence-electron chi connectivity index (χ2n) is 7.24. The molecule has 0 aliphatic carbocycles. The Labute approximate surface area is 174 Å². The van der Waals surface area contributed by atoms with Crippen LogP contribution in [0.3, 0.4) is 0 Å². The molecule has 0 saturated carbocycles. The molecule has 2 amide bonds. The van der Waals surface area contributed by atoms with E-state index in [1.807, 2.05) is 30.3 Å². The van der Waals surface area contributed by atoms with Crippen LogP contribution in [0.2, 0.25) is 0 Å². The maximum atomic E-state index is 14.8. The first-order chi connectivity index (χ1) is 14.6. The fraction of sp³-hybridized carbons (Fsp3) is 0.208. The summed E-state index contributed by atoms with van der Waals surface area (Å²) in [6.07, 6.45) is 4.39. The van der Waals surface area contributed by atoms with Crippen LogP contribution in [-0.4, -0.2) is 23.3 Å². The summed E-state index contributed by atoms with van der Waals surface area (Å²) in [4.78, 5) is 30.0. The van der Waals surface area contributed by atoms with Crippen LogP contribution in [0, 0.1) is 5.82 Å².